The van der Waals surface area contributed by atoms with E-state index in [9.17, 15) is 18.5 Å². The van der Waals surface area contributed by atoms with Crippen LogP contribution in [0.15, 0.2) is 23.1 Å². The van der Waals surface area contributed by atoms with Crippen molar-refractivity contribution in [2.45, 2.75) is 23.8 Å². The van der Waals surface area contributed by atoms with Crippen LogP contribution in [-0.4, -0.2) is 33.0 Å². The molecule has 2 rings (SSSR count). The minimum absolute atomic E-state index is 0. The molecule has 0 aromatic heterocycles. The molecular formula is C12H18ClN3O5S. The molecule has 0 amide bonds. The predicted octanol–water partition coefficient (Wildman–Crippen LogP) is 1.04. The first-order valence-electron chi connectivity index (χ1n) is 6.44. The molecule has 1 aromatic rings. The maximum absolute atomic E-state index is 12.3. The lowest BCUT2D eigenvalue weighted by Crippen LogP contribution is -2.41. The lowest BCUT2D eigenvalue weighted by molar-refractivity contribution is -0.387. The third kappa shape index (κ3) is 4.07. The van der Waals surface area contributed by atoms with Gasteiger partial charge in [-0.05, 0) is 30.9 Å². The van der Waals surface area contributed by atoms with Gasteiger partial charge in [-0.1, -0.05) is 0 Å². The lowest BCUT2D eigenvalue weighted by Gasteiger charge is -2.16. The maximum Gasteiger partial charge on any atom is 0.293 e. The molecule has 0 saturated heterocycles. The van der Waals surface area contributed by atoms with E-state index in [1.165, 1.54) is 19.2 Å². The largest absolute Gasteiger partial charge is 0.497 e. The van der Waals surface area contributed by atoms with E-state index in [0.717, 1.165) is 18.9 Å². The van der Waals surface area contributed by atoms with Crippen LogP contribution in [0.4, 0.5) is 5.69 Å². The molecular weight excluding hydrogens is 334 g/mol. The van der Waals surface area contributed by atoms with Crippen LogP contribution < -0.4 is 15.2 Å². The third-order valence-corrected chi connectivity index (χ3v) is 4.94. The summed E-state index contributed by atoms with van der Waals surface area (Å²) < 4.78 is 32.0. The maximum atomic E-state index is 12.3. The zero-order valence-electron chi connectivity index (χ0n) is 11.9. The number of halogens is 1. The molecule has 0 radical (unpaired) electrons. The second kappa shape index (κ2) is 7.23. The van der Waals surface area contributed by atoms with Crippen molar-refractivity contribution in [3.05, 3.63) is 28.3 Å². The molecule has 1 atom stereocenters. The van der Waals surface area contributed by atoms with E-state index >= 15 is 0 Å². The van der Waals surface area contributed by atoms with Gasteiger partial charge < -0.3 is 10.5 Å². The zero-order chi connectivity index (χ0) is 15.6. The van der Waals surface area contributed by atoms with Crippen molar-refractivity contribution in [2.24, 2.45) is 11.7 Å². The van der Waals surface area contributed by atoms with Gasteiger partial charge >= 0.3 is 0 Å². The minimum atomic E-state index is -4.00. The van der Waals surface area contributed by atoms with Crippen molar-refractivity contribution in [1.82, 2.24) is 4.72 Å². The highest BCUT2D eigenvalue weighted by Crippen LogP contribution is 2.34. The van der Waals surface area contributed by atoms with E-state index < -0.39 is 26.7 Å². The first-order valence-corrected chi connectivity index (χ1v) is 7.92. The summed E-state index contributed by atoms with van der Waals surface area (Å²) in [6, 6.07) is 3.23. The molecule has 1 saturated carbocycles. The Morgan fingerprint density at radius 3 is 2.59 bits per heavy atom. The standard InChI is InChI=1S/C12H17N3O5S.ClH/c1-20-9-4-5-12(11(6-9)15(16)17)21(18,19)14-10(7-13)8-2-3-8;/h4-6,8,10,14H,2-3,7,13H2,1H3;1H. The van der Waals surface area contributed by atoms with Gasteiger partial charge in [-0.2, -0.15) is 0 Å². The predicted molar refractivity (Wildman–Crippen MR) is 82.8 cm³/mol. The fourth-order valence-electron chi connectivity index (χ4n) is 2.09. The number of nitrogens with one attached hydrogen (secondary N) is 1. The fraction of sp³-hybridized carbons (Fsp3) is 0.500. The van der Waals surface area contributed by atoms with Crippen LogP contribution in [0.3, 0.4) is 0 Å². The molecule has 0 spiro atoms. The highest BCUT2D eigenvalue weighted by molar-refractivity contribution is 7.89. The Hall–Kier alpha value is -1.42. The summed E-state index contributed by atoms with van der Waals surface area (Å²) in [5.74, 6) is 0.431. The molecule has 8 nitrogen and oxygen atoms in total. The molecule has 0 bridgehead atoms. The highest BCUT2D eigenvalue weighted by atomic mass is 35.5. The molecule has 1 fully saturated rings. The first kappa shape index (κ1) is 18.6. The van der Waals surface area contributed by atoms with Crippen molar-refractivity contribution in [3.8, 4) is 5.75 Å². The normalized spacial score (nSPS) is 15.7. The van der Waals surface area contributed by atoms with Crippen molar-refractivity contribution in [2.75, 3.05) is 13.7 Å². The number of nitrogens with zero attached hydrogens (tertiary/aromatic N) is 1. The van der Waals surface area contributed by atoms with Crippen molar-refractivity contribution in [1.29, 1.82) is 0 Å². The number of ether oxygens (including phenoxy) is 1. The number of methoxy groups -OCH3 is 1. The SMILES string of the molecule is COc1ccc(S(=O)(=O)NC(CN)C2CC2)c([N+](=O)[O-])c1.Cl. The summed E-state index contributed by atoms with van der Waals surface area (Å²) in [5.41, 5.74) is 5.04. The number of rotatable bonds is 7. The summed E-state index contributed by atoms with van der Waals surface area (Å²) in [7, 11) is -2.65. The summed E-state index contributed by atoms with van der Waals surface area (Å²) in [6.45, 7) is 0.161. The topological polar surface area (TPSA) is 125 Å². The number of sulfonamides is 1. The van der Waals surface area contributed by atoms with Crippen molar-refractivity contribution in [3.63, 3.8) is 0 Å². The van der Waals surface area contributed by atoms with Crippen LogP contribution in [0, 0.1) is 16.0 Å². The van der Waals surface area contributed by atoms with Gasteiger partial charge in [0, 0.05) is 12.6 Å². The third-order valence-electron chi connectivity index (χ3n) is 3.40. The molecule has 3 N–H and O–H groups in total. The van der Waals surface area contributed by atoms with Gasteiger partial charge in [0.15, 0.2) is 4.90 Å². The molecule has 124 valence electrons. The number of nitrogens with two attached hydrogens (primary N) is 1. The molecule has 1 aliphatic carbocycles. The van der Waals surface area contributed by atoms with Crippen LogP contribution in [0.5, 0.6) is 5.75 Å². The second-order valence-electron chi connectivity index (χ2n) is 4.89. The summed E-state index contributed by atoms with van der Waals surface area (Å²) in [6.07, 6.45) is 1.82. The van der Waals surface area contributed by atoms with Crippen LogP contribution in [0.1, 0.15) is 12.8 Å². The van der Waals surface area contributed by atoms with E-state index in [1.54, 1.807) is 0 Å². The monoisotopic (exact) mass is 351 g/mol. The average molecular weight is 352 g/mol. The molecule has 1 aliphatic rings. The van der Waals surface area contributed by atoms with Gasteiger partial charge in [-0.3, -0.25) is 10.1 Å². The fourth-order valence-corrected chi connectivity index (χ4v) is 3.56. The Kier molecular flexibility index (Phi) is 6.12. The van der Waals surface area contributed by atoms with Gasteiger partial charge in [0.2, 0.25) is 10.0 Å². The Morgan fingerprint density at radius 2 is 2.14 bits per heavy atom. The summed E-state index contributed by atoms with van der Waals surface area (Å²) in [4.78, 5) is 9.94. The van der Waals surface area contributed by atoms with Crippen molar-refractivity contribution < 1.29 is 18.1 Å². The van der Waals surface area contributed by atoms with Gasteiger partial charge in [0.05, 0.1) is 18.1 Å². The number of hydrogen-bond acceptors (Lipinski definition) is 6. The van der Waals surface area contributed by atoms with Crippen LogP contribution in [0.25, 0.3) is 0 Å². The smallest absolute Gasteiger partial charge is 0.293 e. The lowest BCUT2D eigenvalue weighted by atomic mass is 10.2. The molecule has 10 heteroatoms. The van der Waals surface area contributed by atoms with Gasteiger partial charge in [-0.25, -0.2) is 13.1 Å². The Balaban J connectivity index is 0.00000242. The Labute approximate surface area is 134 Å². The number of nitro benzene ring substituents is 1. The Morgan fingerprint density at radius 1 is 1.50 bits per heavy atom. The zero-order valence-corrected chi connectivity index (χ0v) is 13.5. The van der Waals surface area contributed by atoms with Gasteiger partial charge in [0.25, 0.3) is 5.69 Å². The van der Waals surface area contributed by atoms with Gasteiger partial charge in [-0.15, -0.1) is 12.4 Å². The van der Waals surface area contributed by atoms with Gasteiger partial charge in [0.1, 0.15) is 5.75 Å². The molecule has 22 heavy (non-hydrogen) atoms. The van der Waals surface area contributed by atoms with Crippen LogP contribution >= 0.6 is 12.4 Å². The number of nitro groups is 1. The summed E-state index contributed by atoms with van der Waals surface area (Å²) in [5, 5.41) is 11.1. The molecule has 1 unspecified atom stereocenters. The van der Waals surface area contributed by atoms with E-state index in [1.807, 2.05) is 0 Å². The highest BCUT2D eigenvalue weighted by Gasteiger charge is 2.35. The van der Waals surface area contributed by atoms with Crippen molar-refractivity contribution >= 4 is 28.1 Å². The van der Waals surface area contributed by atoms with Crippen LogP contribution in [-0.2, 0) is 10.0 Å². The first-order chi connectivity index (χ1) is 9.89. The Bertz CT molecular complexity index is 648. The second-order valence-corrected chi connectivity index (χ2v) is 6.57. The molecule has 0 aliphatic heterocycles. The minimum Gasteiger partial charge on any atom is -0.497 e. The van der Waals surface area contributed by atoms with E-state index in [-0.39, 0.29) is 35.5 Å². The molecule has 0 heterocycles. The number of benzene rings is 1. The van der Waals surface area contributed by atoms with E-state index in [4.69, 9.17) is 10.5 Å². The molecule has 1 aromatic carbocycles. The van der Waals surface area contributed by atoms with E-state index in [0.29, 0.717) is 0 Å². The average Bonchev–Trinajstić information content (AvgIpc) is 3.28. The van der Waals surface area contributed by atoms with Crippen LogP contribution in [0.2, 0.25) is 0 Å². The number of hydrogen-bond donors (Lipinski definition) is 2. The summed E-state index contributed by atoms with van der Waals surface area (Å²) >= 11 is 0. The van der Waals surface area contributed by atoms with E-state index in [2.05, 4.69) is 4.72 Å². The quantitative estimate of drug-likeness (QED) is 0.558.